The highest BCUT2D eigenvalue weighted by molar-refractivity contribution is 9.11. The molecule has 0 spiro atoms. The molecule has 0 aliphatic heterocycles. The molecule has 1 aliphatic rings. The molecule has 0 bridgehead atoms. The molecule has 1 saturated carbocycles. The van der Waals surface area contributed by atoms with Gasteiger partial charge in [-0.05, 0) is 48.3 Å². The average molecular weight is 376 g/mol. The van der Waals surface area contributed by atoms with E-state index in [0.29, 0.717) is 11.8 Å². The highest BCUT2D eigenvalue weighted by atomic mass is 79.9. The molecule has 0 aromatic heterocycles. The first-order chi connectivity index (χ1) is 8.49. The van der Waals surface area contributed by atoms with Gasteiger partial charge >= 0.3 is 0 Å². The zero-order chi connectivity index (χ0) is 13.3. The Hall–Kier alpha value is 0.140. The fourth-order valence-corrected chi connectivity index (χ4v) is 4.15. The van der Waals surface area contributed by atoms with Crippen LogP contribution in [0.4, 0.5) is 0 Å². The van der Waals surface area contributed by atoms with E-state index in [1.807, 2.05) is 18.2 Å². The van der Waals surface area contributed by atoms with Crippen LogP contribution in [0, 0.1) is 17.8 Å². The Labute approximate surface area is 126 Å². The normalized spacial score (nSPS) is 30.2. The Balaban J connectivity index is 2.13. The second-order valence-electron chi connectivity index (χ2n) is 5.64. The van der Waals surface area contributed by atoms with Crippen molar-refractivity contribution in [1.82, 2.24) is 0 Å². The average Bonchev–Trinajstić information content (AvgIpc) is 2.32. The summed E-state index contributed by atoms with van der Waals surface area (Å²) in [6, 6.07) is 6.02. The highest BCUT2D eigenvalue weighted by Crippen LogP contribution is 2.41. The zero-order valence-electron chi connectivity index (χ0n) is 10.9. The number of hydrogen-bond donors (Lipinski definition) is 1. The van der Waals surface area contributed by atoms with Gasteiger partial charge in [0.1, 0.15) is 0 Å². The lowest BCUT2D eigenvalue weighted by Crippen LogP contribution is -2.25. The van der Waals surface area contributed by atoms with Gasteiger partial charge in [0.05, 0.1) is 6.10 Å². The SMILES string of the molecule is CC1CCC(C(O)c2ccc(Br)cc2Br)CC1C. The van der Waals surface area contributed by atoms with Crippen LogP contribution in [0.2, 0.25) is 0 Å². The van der Waals surface area contributed by atoms with Gasteiger partial charge in [0.2, 0.25) is 0 Å². The van der Waals surface area contributed by atoms with Crippen molar-refractivity contribution >= 4 is 31.9 Å². The van der Waals surface area contributed by atoms with Crippen LogP contribution in [0.5, 0.6) is 0 Å². The maximum absolute atomic E-state index is 10.6. The van der Waals surface area contributed by atoms with E-state index < -0.39 is 0 Å². The lowest BCUT2D eigenvalue weighted by Gasteiger charge is -2.35. The minimum absolute atomic E-state index is 0.345. The predicted molar refractivity (Wildman–Crippen MR) is 82.5 cm³/mol. The van der Waals surface area contributed by atoms with Gasteiger partial charge in [-0.1, -0.05) is 58.2 Å². The standard InChI is InChI=1S/C15H20Br2O/c1-9-3-4-11(7-10(9)2)15(18)13-6-5-12(16)8-14(13)17/h5-6,8-11,15,18H,3-4,7H2,1-2H3. The Kier molecular flexibility index (Phi) is 4.90. The number of rotatable bonds is 2. The van der Waals surface area contributed by atoms with Crippen molar-refractivity contribution in [2.24, 2.45) is 17.8 Å². The lowest BCUT2D eigenvalue weighted by atomic mass is 9.73. The first-order valence-corrected chi connectivity index (χ1v) is 8.20. The smallest absolute Gasteiger partial charge is 0.0829 e. The van der Waals surface area contributed by atoms with E-state index in [1.165, 1.54) is 6.42 Å². The van der Waals surface area contributed by atoms with Crippen LogP contribution in [0.3, 0.4) is 0 Å². The summed E-state index contributed by atoms with van der Waals surface area (Å²) in [5.74, 6) is 1.91. The fourth-order valence-electron chi connectivity index (χ4n) is 2.87. The van der Waals surface area contributed by atoms with Crippen LogP contribution in [0.25, 0.3) is 0 Å². The summed E-state index contributed by atoms with van der Waals surface area (Å²) in [7, 11) is 0. The molecule has 1 N–H and O–H groups in total. The summed E-state index contributed by atoms with van der Waals surface area (Å²) < 4.78 is 2.03. The van der Waals surface area contributed by atoms with E-state index in [9.17, 15) is 5.11 Å². The van der Waals surface area contributed by atoms with Crippen LogP contribution < -0.4 is 0 Å². The quantitative estimate of drug-likeness (QED) is 0.741. The van der Waals surface area contributed by atoms with Crippen molar-refractivity contribution in [2.45, 2.75) is 39.2 Å². The molecule has 1 aliphatic carbocycles. The molecule has 4 atom stereocenters. The van der Waals surface area contributed by atoms with Gasteiger partial charge in [-0.15, -0.1) is 0 Å². The van der Waals surface area contributed by atoms with Gasteiger partial charge in [-0.25, -0.2) is 0 Å². The van der Waals surface area contributed by atoms with Gasteiger partial charge in [0, 0.05) is 8.95 Å². The van der Waals surface area contributed by atoms with Crippen LogP contribution in [-0.2, 0) is 0 Å². The minimum atomic E-state index is -0.345. The van der Waals surface area contributed by atoms with Crippen molar-refractivity contribution in [3.63, 3.8) is 0 Å². The van der Waals surface area contributed by atoms with E-state index in [4.69, 9.17) is 0 Å². The van der Waals surface area contributed by atoms with Gasteiger partial charge in [0.15, 0.2) is 0 Å². The molecule has 0 amide bonds. The number of aliphatic hydroxyl groups excluding tert-OH is 1. The lowest BCUT2D eigenvalue weighted by molar-refractivity contribution is 0.0556. The second-order valence-corrected chi connectivity index (χ2v) is 7.41. The van der Waals surface area contributed by atoms with Crippen LogP contribution >= 0.6 is 31.9 Å². The number of benzene rings is 1. The topological polar surface area (TPSA) is 20.2 Å². The van der Waals surface area contributed by atoms with Crippen LogP contribution in [-0.4, -0.2) is 5.11 Å². The highest BCUT2D eigenvalue weighted by Gasteiger charge is 2.30. The largest absolute Gasteiger partial charge is 0.388 e. The number of hydrogen-bond acceptors (Lipinski definition) is 1. The first-order valence-electron chi connectivity index (χ1n) is 6.62. The van der Waals surface area contributed by atoms with E-state index in [2.05, 4.69) is 45.7 Å². The summed E-state index contributed by atoms with van der Waals surface area (Å²) in [4.78, 5) is 0. The molecule has 3 heteroatoms. The molecule has 0 saturated heterocycles. The summed E-state index contributed by atoms with van der Waals surface area (Å²) >= 11 is 7.00. The molecule has 2 rings (SSSR count). The summed E-state index contributed by atoms with van der Waals surface area (Å²) in [5.41, 5.74) is 1.02. The Morgan fingerprint density at radius 1 is 1.17 bits per heavy atom. The number of halogens is 2. The maximum Gasteiger partial charge on any atom is 0.0829 e. The summed E-state index contributed by atoms with van der Waals surface area (Å²) in [5, 5.41) is 10.6. The zero-order valence-corrected chi connectivity index (χ0v) is 14.0. The van der Waals surface area contributed by atoms with Crippen molar-refractivity contribution in [2.75, 3.05) is 0 Å². The van der Waals surface area contributed by atoms with E-state index in [1.54, 1.807) is 0 Å². The van der Waals surface area contributed by atoms with Gasteiger partial charge < -0.3 is 5.11 Å². The first kappa shape index (κ1) is 14.5. The second kappa shape index (κ2) is 6.06. The minimum Gasteiger partial charge on any atom is -0.388 e. The third-order valence-electron chi connectivity index (χ3n) is 4.37. The van der Waals surface area contributed by atoms with Crippen LogP contribution in [0.1, 0.15) is 44.8 Å². The molecule has 1 aromatic rings. The molecule has 0 radical (unpaired) electrons. The molecule has 18 heavy (non-hydrogen) atoms. The summed E-state index contributed by atoms with van der Waals surface area (Å²) in [6.07, 6.45) is 3.15. The Bertz CT molecular complexity index is 419. The monoisotopic (exact) mass is 374 g/mol. The third-order valence-corrected chi connectivity index (χ3v) is 5.55. The molecular formula is C15H20Br2O. The Morgan fingerprint density at radius 3 is 2.50 bits per heavy atom. The molecular weight excluding hydrogens is 356 g/mol. The van der Waals surface area contributed by atoms with Gasteiger partial charge in [-0.3, -0.25) is 0 Å². The molecule has 4 unspecified atom stereocenters. The van der Waals surface area contributed by atoms with Gasteiger partial charge in [-0.2, -0.15) is 0 Å². The van der Waals surface area contributed by atoms with Crippen molar-refractivity contribution in [3.05, 3.63) is 32.7 Å². The molecule has 100 valence electrons. The number of aliphatic hydroxyl groups is 1. The van der Waals surface area contributed by atoms with Crippen molar-refractivity contribution in [1.29, 1.82) is 0 Å². The molecule has 0 heterocycles. The van der Waals surface area contributed by atoms with Gasteiger partial charge in [0.25, 0.3) is 0 Å². The molecule has 1 fully saturated rings. The summed E-state index contributed by atoms with van der Waals surface area (Å²) in [6.45, 7) is 4.63. The third kappa shape index (κ3) is 3.17. The molecule has 1 nitrogen and oxygen atoms in total. The van der Waals surface area contributed by atoms with Crippen molar-refractivity contribution in [3.8, 4) is 0 Å². The van der Waals surface area contributed by atoms with Crippen molar-refractivity contribution < 1.29 is 5.11 Å². The van der Waals surface area contributed by atoms with E-state index >= 15 is 0 Å². The predicted octanol–water partition coefficient (Wildman–Crippen LogP) is 5.32. The maximum atomic E-state index is 10.6. The Morgan fingerprint density at radius 2 is 1.89 bits per heavy atom. The fraction of sp³-hybridized carbons (Fsp3) is 0.600. The van der Waals surface area contributed by atoms with E-state index in [0.717, 1.165) is 33.3 Å². The van der Waals surface area contributed by atoms with Crippen LogP contribution in [0.15, 0.2) is 27.1 Å². The molecule has 1 aromatic carbocycles. The van der Waals surface area contributed by atoms with E-state index in [-0.39, 0.29) is 6.10 Å².